The molecule has 2 nitrogen and oxygen atoms in total. The van der Waals surface area contributed by atoms with Gasteiger partial charge in [0.05, 0.1) is 10.6 Å². The summed E-state index contributed by atoms with van der Waals surface area (Å²) in [4.78, 5) is 10.9. The van der Waals surface area contributed by atoms with Crippen molar-refractivity contribution in [3.63, 3.8) is 0 Å². The molecule has 0 spiro atoms. The minimum absolute atomic E-state index is 0.390. The molecular formula is C8H7ClINO. The number of primary amides is 1. The molecule has 4 heteroatoms. The van der Waals surface area contributed by atoms with Crippen molar-refractivity contribution in [1.29, 1.82) is 0 Å². The van der Waals surface area contributed by atoms with Crippen LogP contribution in [-0.2, 0) is 0 Å². The fourth-order valence-electron chi connectivity index (χ4n) is 0.904. The fraction of sp³-hybridized carbons (Fsp3) is 0.125. The summed E-state index contributed by atoms with van der Waals surface area (Å²) >= 11 is 7.92. The SMILES string of the molecule is Cc1cc(I)c(Cl)c(C(N)=O)c1. The van der Waals surface area contributed by atoms with Crippen molar-refractivity contribution in [2.45, 2.75) is 6.92 Å². The van der Waals surface area contributed by atoms with Gasteiger partial charge in [-0.1, -0.05) is 11.6 Å². The van der Waals surface area contributed by atoms with E-state index in [0.717, 1.165) is 9.13 Å². The van der Waals surface area contributed by atoms with E-state index in [2.05, 4.69) is 22.6 Å². The zero-order chi connectivity index (χ0) is 9.30. The number of carbonyl (C=O) groups is 1. The third-order valence-electron chi connectivity index (χ3n) is 1.44. The third-order valence-corrected chi connectivity index (χ3v) is 3.01. The summed E-state index contributed by atoms with van der Waals surface area (Å²) in [6, 6.07) is 3.59. The average Bonchev–Trinajstić information content (AvgIpc) is 1.96. The summed E-state index contributed by atoms with van der Waals surface area (Å²) in [5, 5.41) is 0.439. The molecule has 0 saturated carbocycles. The van der Waals surface area contributed by atoms with Gasteiger partial charge in [-0.2, -0.15) is 0 Å². The van der Waals surface area contributed by atoms with Crippen LogP contribution in [0.2, 0.25) is 5.02 Å². The topological polar surface area (TPSA) is 43.1 Å². The summed E-state index contributed by atoms with van der Waals surface area (Å²) in [5.41, 5.74) is 6.50. The van der Waals surface area contributed by atoms with Crippen molar-refractivity contribution < 1.29 is 4.79 Å². The van der Waals surface area contributed by atoms with Crippen LogP contribution < -0.4 is 5.73 Å². The highest BCUT2D eigenvalue weighted by Gasteiger charge is 2.09. The van der Waals surface area contributed by atoms with Crippen LogP contribution in [0.3, 0.4) is 0 Å². The van der Waals surface area contributed by atoms with Crippen LogP contribution in [0.5, 0.6) is 0 Å². The highest BCUT2D eigenvalue weighted by Crippen LogP contribution is 2.24. The van der Waals surface area contributed by atoms with Gasteiger partial charge in [0.1, 0.15) is 0 Å². The minimum atomic E-state index is -0.485. The van der Waals surface area contributed by atoms with Crippen LogP contribution in [0.25, 0.3) is 0 Å². The largest absolute Gasteiger partial charge is 0.366 e. The summed E-state index contributed by atoms with van der Waals surface area (Å²) in [6.45, 7) is 1.89. The van der Waals surface area contributed by atoms with Crippen LogP contribution in [-0.4, -0.2) is 5.91 Å². The third kappa shape index (κ3) is 1.90. The van der Waals surface area contributed by atoms with Gasteiger partial charge in [-0.3, -0.25) is 4.79 Å². The number of rotatable bonds is 1. The van der Waals surface area contributed by atoms with E-state index in [4.69, 9.17) is 17.3 Å². The number of hydrogen-bond donors (Lipinski definition) is 1. The van der Waals surface area contributed by atoms with Crippen LogP contribution in [0.15, 0.2) is 12.1 Å². The summed E-state index contributed by atoms with van der Waals surface area (Å²) in [5.74, 6) is -0.485. The molecule has 1 aromatic carbocycles. The molecule has 0 heterocycles. The Labute approximate surface area is 89.2 Å². The quantitative estimate of drug-likeness (QED) is 0.794. The van der Waals surface area contributed by atoms with E-state index < -0.39 is 5.91 Å². The summed E-state index contributed by atoms with van der Waals surface area (Å²) < 4.78 is 0.850. The van der Waals surface area contributed by atoms with Gasteiger partial charge in [-0.15, -0.1) is 0 Å². The molecule has 0 bridgehead atoms. The van der Waals surface area contributed by atoms with E-state index in [0.29, 0.717) is 10.6 Å². The standard InChI is InChI=1S/C8H7ClINO/c1-4-2-5(8(11)12)7(9)6(10)3-4/h2-3H,1H3,(H2,11,12). The first-order valence-electron chi connectivity index (χ1n) is 3.28. The van der Waals surface area contributed by atoms with Crippen molar-refractivity contribution in [2.24, 2.45) is 5.73 Å². The number of amides is 1. The van der Waals surface area contributed by atoms with Crippen LogP contribution in [0, 0.1) is 10.5 Å². The first kappa shape index (κ1) is 9.80. The Hall–Kier alpha value is -0.290. The van der Waals surface area contributed by atoms with E-state index in [9.17, 15) is 4.79 Å². The first-order chi connectivity index (χ1) is 5.52. The highest BCUT2D eigenvalue weighted by molar-refractivity contribution is 14.1. The zero-order valence-corrected chi connectivity index (χ0v) is 9.31. The molecule has 0 aliphatic heterocycles. The number of carbonyl (C=O) groups excluding carboxylic acids is 1. The van der Waals surface area contributed by atoms with Crippen molar-refractivity contribution in [3.8, 4) is 0 Å². The Balaban J connectivity index is 3.37. The molecule has 0 aromatic heterocycles. The van der Waals surface area contributed by atoms with Gasteiger partial charge in [0.2, 0.25) is 5.91 Å². The molecule has 12 heavy (non-hydrogen) atoms. The molecular weight excluding hydrogens is 288 g/mol. The predicted octanol–water partition coefficient (Wildman–Crippen LogP) is 2.35. The molecule has 0 aliphatic carbocycles. The van der Waals surface area contributed by atoms with Gasteiger partial charge >= 0.3 is 0 Å². The monoisotopic (exact) mass is 295 g/mol. The van der Waals surface area contributed by atoms with Gasteiger partial charge in [0.25, 0.3) is 0 Å². The molecule has 0 aliphatic rings. The second kappa shape index (κ2) is 3.62. The Kier molecular flexibility index (Phi) is 2.95. The lowest BCUT2D eigenvalue weighted by Gasteiger charge is -2.03. The molecule has 0 atom stereocenters. The smallest absolute Gasteiger partial charge is 0.250 e. The van der Waals surface area contributed by atoms with E-state index in [1.54, 1.807) is 6.07 Å². The van der Waals surface area contributed by atoms with Gasteiger partial charge in [0.15, 0.2) is 0 Å². The van der Waals surface area contributed by atoms with E-state index in [1.165, 1.54) is 0 Å². The van der Waals surface area contributed by atoms with Gasteiger partial charge in [-0.25, -0.2) is 0 Å². The maximum Gasteiger partial charge on any atom is 0.250 e. The molecule has 1 amide bonds. The van der Waals surface area contributed by atoms with Crippen LogP contribution >= 0.6 is 34.2 Å². The number of hydrogen-bond acceptors (Lipinski definition) is 1. The predicted molar refractivity (Wildman–Crippen MR) is 57.4 cm³/mol. The second-order valence-electron chi connectivity index (χ2n) is 2.47. The van der Waals surface area contributed by atoms with Gasteiger partial charge < -0.3 is 5.73 Å². The molecule has 0 unspecified atom stereocenters. The lowest BCUT2D eigenvalue weighted by atomic mass is 10.1. The molecule has 64 valence electrons. The normalized spacial score (nSPS) is 9.92. The Morgan fingerprint density at radius 2 is 2.17 bits per heavy atom. The lowest BCUT2D eigenvalue weighted by Crippen LogP contribution is -2.12. The lowest BCUT2D eigenvalue weighted by molar-refractivity contribution is 0.100. The highest BCUT2D eigenvalue weighted by atomic mass is 127. The van der Waals surface area contributed by atoms with E-state index >= 15 is 0 Å². The minimum Gasteiger partial charge on any atom is -0.366 e. The molecule has 0 radical (unpaired) electrons. The molecule has 1 rings (SSSR count). The summed E-state index contributed by atoms with van der Waals surface area (Å²) in [7, 11) is 0. The van der Waals surface area contributed by atoms with Crippen molar-refractivity contribution in [3.05, 3.63) is 31.9 Å². The number of halogens is 2. The van der Waals surface area contributed by atoms with Gasteiger partial charge in [-0.05, 0) is 47.2 Å². The maximum atomic E-state index is 10.9. The zero-order valence-electron chi connectivity index (χ0n) is 6.40. The first-order valence-corrected chi connectivity index (χ1v) is 4.73. The number of aryl methyl sites for hydroxylation is 1. The molecule has 1 aromatic rings. The molecule has 2 N–H and O–H groups in total. The van der Waals surface area contributed by atoms with Crippen molar-refractivity contribution >= 4 is 40.1 Å². The Morgan fingerprint density at radius 1 is 1.58 bits per heavy atom. The summed E-state index contributed by atoms with van der Waals surface area (Å²) in [6.07, 6.45) is 0. The fourth-order valence-corrected chi connectivity index (χ4v) is 1.89. The van der Waals surface area contributed by atoms with Crippen LogP contribution in [0.1, 0.15) is 15.9 Å². The number of nitrogens with two attached hydrogens (primary N) is 1. The van der Waals surface area contributed by atoms with Crippen molar-refractivity contribution in [2.75, 3.05) is 0 Å². The van der Waals surface area contributed by atoms with E-state index in [-0.39, 0.29) is 0 Å². The molecule has 0 fully saturated rings. The Morgan fingerprint density at radius 3 is 2.67 bits per heavy atom. The van der Waals surface area contributed by atoms with Crippen molar-refractivity contribution in [1.82, 2.24) is 0 Å². The Bertz CT molecular complexity index is 338. The van der Waals surface area contributed by atoms with Gasteiger partial charge in [0, 0.05) is 3.57 Å². The second-order valence-corrected chi connectivity index (χ2v) is 4.01. The number of benzene rings is 1. The maximum absolute atomic E-state index is 10.9. The molecule has 0 saturated heterocycles. The van der Waals surface area contributed by atoms with E-state index in [1.807, 2.05) is 13.0 Å². The van der Waals surface area contributed by atoms with Crippen LogP contribution in [0.4, 0.5) is 0 Å². The average molecular weight is 296 g/mol.